The number of likely N-dealkylation sites (tertiary alicyclic amines) is 1. The van der Waals surface area contributed by atoms with Gasteiger partial charge in [-0.15, -0.1) is 0 Å². The maximum absolute atomic E-state index is 12.1. The van der Waals surface area contributed by atoms with Crippen LogP contribution in [-0.2, 0) is 11.3 Å². The van der Waals surface area contributed by atoms with Crippen molar-refractivity contribution in [3.8, 4) is 0 Å². The molecule has 0 atom stereocenters. The number of rotatable bonds is 5. The molecule has 1 saturated heterocycles. The van der Waals surface area contributed by atoms with Crippen LogP contribution < -0.4 is 5.32 Å². The van der Waals surface area contributed by atoms with E-state index < -0.39 is 11.4 Å². The number of aliphatic carboxylic acids is 1. The number of carboxylic acids is 1. The number of carboxylic acid groups (broad SMARTS) is 1. The fourth-order valence-electron chi connectivity index (χ4n) is 2.85. The molecule has 0 bridgehead atoms. The molecule has 2 rings (SSSR count). The minimum absolute atomic E-state index is 0.147. The van der Waals surface area contributed by atoms with Gasteiger partial charge in [0.2, 0.25) is 0 Å². The molecule has 21 heavy (non-hydrogen) atoms. The molecule has 1 aromatic heterocycles. The summed E-state index contributed by atoms with van der Waals surface area (Å²) in [6.45, 7) is 3.40. The third-order valence-corrected chi connectivity index (χ3v) is 4.19. The van der Waals surface area contributed by atoms with Crippen molar-refractivity contribution >= 4 is 12.0 Å². The summed E-state index contributed by atoms with van der Waals surface area (Å²) >= 11 is 0. The second kappa shape index (κ2) is 6.60. The van der Waals surface area contributed by atoms with Gasteiger partial charge in [-0.3, -0.25) is 9.89 Å². The van der Waals surface area contributed by atoms with Gasteiger partial charge in [-0.1, -0.05) is 13.3 Å². The van der Waals surface area contributed by atoms with E-state index >= 15 is 0 Å². The van der Waals surface area contributed by atoms with Crippen LogP contribution in [0.2, 0.25) is 0 Å². The quantitative estimate of drug-likeness (QED) is 0.768. The number of nitrogens with one attached hydrogen (secondary N) is 2. The molecule has 0 aliphatic carbocycles. The molecule has 3 N–H and O–H groups in total. The lowest BCUT2D eigenvalue weighted by atomic mass is 9.75. The van der Waals surface area contributed by atoms with Crippen molar-refractivity contribution in [2.75, 3.05) is 13.1 Å². The van der Waals surface area contributed by atoms with Gasteiger partial charge in [0.25, 0.3) is 0 Å². The molecule has 2 amide bonds. The highest BCUT2D eigenvalue weighted by Crippen LogP contribution is 2.36. The van der Waals surface area contributed by atoms with Gasteiger partial charge in [0.05, 0.1) is 11.6 Å². The van der Waals surface area contributed by atoms with E-state index in [0.29, 0.717) is 38.9 Å². The number of aromatic nitrogens is 2. The molecule has 1 aliphatic rings. The largest absolute Gasteiger partial charge is 0.481 e. The Balaban J connectivity index is 1.85. The molecule has 7 nitrogen and oxygen atoms in total. The van der Waals surface area contributed by atoms with Crippen LogP contribution >= 0.6 is 0 Å². The van der Waals surface area contributed by atoms with Crippen LogP contribution in [0.3, 0.4) is 0 Å². The van der Waals surface area contributed by atoms with Crippen molar-refractivity contribution in [1.29, 1.82) is 0 Å². The highest BCUT2D eigenvalue weighted by atomic mass is 16.4. The molecule has 0 saturated carbocycles. The molecule has 1 aromatic rings. The van der Waals surface area contributed by atoms with E-state index in [0.717, 1.165) is 12.0 Å². The lowest BCUT2D eigenvalue weighted by molar-refractivity contribution is -0.152. The molecule has 1 aliphatic heterocycles. The van der Waals surface area contributed by atoms with Gasteiger partial charge < -0.3 is 15.3 Å². The maximum Gasteiger partial charge on any atom is 0.317 e. The number of urea groups is 1. The van der Waals surface area contributed by atoms with Gasteiger partial charge in [0.15, 0.2) is 0 Å². The number of aromatic amines is 1. The van der Waals surface area contributed by atoms with E-state index in [2.05, 4.69) is 15.5 Å². The predicted molar refractivity (Wildman–Crippen MR) is 76.6 cm³/mol. The Morgan fingerprint density at radius 1 is 1.48 bits per heavy atom. The molecule has 1 fully saturated rings. The summed E-state index contributed by atoms with van der Waals surface area (Å²) in [5, 5.41) is 18.8. The van der Waals surface area contributed by atoms with Gasteiger partial charge in [0.1, 0.15) is 0 Å². The predicted octanol–water partition coefficient (Wildman–Crippen LogP) is 1.59. The maximum atomic E-state index is 12.1. The first-order chi connectivity index (χ1) is 10.1. The normalized spacial score (nSPS) is 17.5. The fraction of sp³-hybridized carbons (Fsp3) is 0.643. The van der Waals surface area contributed by atoms with Gasteiger partial charge in [-0.05, 0) is 19.3 Å². The third kappa shape index (κ3) is 3.53. The Morgan fingerprint density at radius 2 is 2.19 bits per heavy atom. The van der Waals surface area contributed by atoms with Crippen molar-refractivity contribution in [3.63, 3.8) is 0 Å². The van der Waals surface area contributed by atoms with E-state index in [1.165, 1.54) is 0 Å². The zero-order chi connectivity index (χ0) is 15.3. The SMILES string of the molecule is CCCC1(C(=O)O)CCN(C(=O)NCc2cn[nH]c2)CC1. The van der Waals surface area contributed by atoms with E-state index in [9.17, 15) is 14.7 Å². The summed E-state index contributed by atoms with van der Waals surface area (Å²) in [4.78, 5) is 25.3. The second-order valence-electron chi connectivity index (χ2n) is 5.59. The Bertz CT molecular complexity index is 478. The minimum atomic E-state index is -0.734. The summed E-state index contributed by atoms with van der Waals surface area (Å²) in [7, 11) is 0. The van der Waals surface area contributed by atoms with Gasteiger partial charge in [0, 0.05) is 31.4 Å². The second-order valence-corrected chi connectivity index (χ2v) is 5.59. The average molecular weight is 294 g/mol. The highest BCUT2D eigenvalue weighted by molar-refractivity contribution is 5.77. The van der Waals surface area contributed by atoms with Crippen molar-refractivity contribution in [2.24, 2.45) is 5.41 Å². The number of carbonyl (C=O) groups is 2. The smallest absolute Gasteiger partial charge is 0.317 e. The molecule has 0 spiro atoms. The molecule has 116 valence electrons. The van der Waals surface area contributed by atoms with E-state index in [1.807, 2.05) is 6.92 Å². The van der Waals surface area contributed by atoms with Gasteiger partial charge >= 0.3 is 12.0 Å². The molecular formula is C14H22N4O3. The van der Waals surface area contributed by atoms with E-state index in [-0.39, 0.29) is 6.03 Å². The number of amides is 2. The van der Waals surface area contributed by atoms with Gasteiger partial charge in [-0.25, -0.2) is 4.79 Å². The van der Waals surface area contributed by atoms with Crippen LogP contribution in [0.4, 0.5) is 4.79 Å². The van der Waals surface area contributed by atoms with E-state index in [1.54, 1.807) is 17.3 Å². The van der Waals surface area contributed by atoms with Crippen molar-refractivity contribution in [3.05, 3.63) is 18.0 Å². The standard InChI is InChI=1S/C14H22N4O3/c1-2-3-14(12(19)20)4-6-18(7-5-14)13(21)15-8-11-9-16-17-10-11/h9-10H,2-8H2,1H3,(H,15,21)(H,16,17)(H,19,20). The van der Waals surface area contributed by atoms with Crippen LogP contribution in [0, 0.1) is 5.41 Å². The zero-order valence-corrected chi connectivity index (χ0v) is 12.3. The van der Waals surface area contributed by atoms with Crippen molar-refractivity contribution in [1.82, 2.24) is 20.4 Å². The fourth-order valence-corrected chi connectivity index (χ4v) is 2.85. The van der Waals surface area contributed by atoms with Crippen LogP contribution in [0.25, 0.3) is 0 Å². The van der Waals surface area contributed by atoms with E-state index in [4.69, 9.17) is 0 Å². The molecule has 2 heterocycles. The van der Waals surface area contributed by atoms with Crippen LogP contribution in [0.15, 0.2) is 12.4 Å². The van der Waals surface area contributed by atoms with Crippen molar-refractivity contribution < 1.29 is 14.7 Å². The topological polar surface area (TPSA) is 98.3 Å². The van der Waals surface area contributed by atoms with Crippen LogP contribution in [-0.4, -0.2) is 45.3 Å². The molecule has 0 aromatic carbocycles. The van der Waals surface area contributed by atoms with Gasteiger partial charge in [-0.2, -0.15) is 5.10 Å². The third-order valence-electron chi connectivity index (χ3n) is 4.19. The average Bonchev–Trinajstić information content (AvgIpc) is 2.99. The first-order valence-electron chi connectivity index (χ1n) is 7.31. The Kier molecular flexibility index (Phi) is 4.82. The summed E-state index contributed by atoms with van der Waals surface area (Å²) in [5.41, 5.74) is 0.252. The Morgan fingerprint density at radius 3 is 2.71 bits per heavy atom. The van der Waals surface area contributed by atoms with Crippen LogP contribution in [0.1, 0.15) is 38.2 Å². The first kappa shape index (κ1) is 15.3. The highest BCUT2D eigenvalue weighted by Gasteiger charge is 2.41. The molecule has 0 radical (unpaired) electrons. The summed E-state index contributed by atoms with van der Waals surface area (Å²) < 4.78 is 0. The number of H-pyrrole nitrogens is 1. The number of hydrogen-bond acceptors (Lipinski definition) is 3. The summed E-state index contributed by atoms with van der Waals surface area (Å²) in [6, 6.07) is -0.147. The number of hydrogen-bond donors (Lipinski definition) is 3. The summed E-state index contributed by atoms with van der Waals surface area (Å²) in [5.74, 6) is -0.734. The number of piperidine rings is 1. The zero-order valence-electron chi connectivity index (χ0n) is 12.3. The minimum Gasteiger partial charge on any atom is -0.481 e. The molecular weight excluding hydrogens is 272 g/mol. The monoisotopic (exact) mass is 294 g/mol. The Labute approximate surface area is 123 Å². The first-order valence-corrected chi connectivity index (χ1v) is 7.31. The lowest BCUT2D eigenvalue weighted by Gasteiger charge is -2.38. The van der Waals surface area contributed by atoms with Crippen LogP contribution in [0.5, 0.6) is 0 Å². The van der Waals surface area contributed by atoms with Crippen molar-refractivity contribution in [2.45, 2.75) is 39.2 Å². The summed E-state index contributed by atoms with van der Waals surface area (Å²) in [6.07, 6.45) is 5.96. The molecule has 0 unspecified atom stereocenters. The Hall–Kier alpha value is -2.05. The number of nitrogens with zero attached hydrogens (tertiary/aromatic N) is 2. The number of carbonyl (C=O) groups excluding carboxylic acids is 1. The molecule has 7 heteroatoms. The lowest BCUT2D eigenvalue weighted by Crippen LogP contribution is -2.49.